The van der Waals surface area contributed by atoms with Gasteiger partial charge in [-0.15, -0.1) is 0 Å². The Bertz CT molecular complexity index is 1160. The Morgan fingerprint density at radius 2 is 1.06 bits per heavy atom. The molecule has 0 saturated heterocycles. The predicted octanol–water partition coefficient (Wildman–Crippen LogP) is 6.73. The molecule has 4 aromatic carbocycles. The summed E-state index contributed by atoms with van der Waals surface area (Å²) in [6, 6.07) is 31.0. The Morgan fingerprint density at radius 1 is 0.613 bits per heavy atom. The van der Waals surface area contributed by atoms with E-state index in [4.69, 9.17) is 0 Å². The van der Waals surface area contributed by atoms with Crippen molar-refractivity contribution in [2.24, 2.45) is 0 Å². The van der Waals surface area contributed by atoms with Crippen molar-refractivity contribution in [3.63, 3.8) is 0 Å². The third kappa shape index (κ3) is 4.57. The zero-order chi connectivity index (χ0) is 21.7. The second-order valence-electron chi connectivity index (χ2n) is 7.24. The van der Waals surface area contributed by atoms with Crippen LogP contribution in [0.1, 0.15) is 16.8 Å². The maximum Gasteiger partial charge on any atom is 0.153 e. The van der Waals surface area contributed by atoms with Crippen molar-refractivity contribution in [3.8, 4) is 0 Å². The molecule has 0 bridgehead atoms. The minimum absolute atomic E-state index is 0.313. The highest BCUT2D eigenvalue weighted by atomic mass is 31.2. The van der Waals surface area contributed by atoms with E-state index in [0.29, 0.717) is 0 Å². The monoisotopic (exact) mass is 430 g/mol. The molecule has 0 aliphatic heterocycles. The van der Waals surface area contributed by atoms with E-state index in [1.54, 1.807) is 24.3 Å². The minimum atomic E-state index is -3.20. The number of halogens is 2. The lowest BCUT2D eigenvalue weighted by Gasteiger charge is -2.27. The smallest absolute Gasteiger partial charge is 0.153 e. The highest BCUT2D eigenvalue weighted by Crippen LogP contribution is 2.58. The molecular weight excluding hydrogens is 409 g/mol. The number of rotatable bonds is 6. The lowest BCUT2D eigenvalue weighted by molar-refractivity contribution is 0.583. The Hall–Kier alpha value is -3.29. The van der Waals surface area contributed by atoms with Crippen molar-refractivity contribution in [1.82, 2.24) is 0 Å². The Morgan fingerprint density at radius 3 is 1.55 bits per heavy atom. The first-order chi connectivity index (χ1) is 15.1. The van der Waals surface area contributed by atoms with Gasteiger partial charge in [-0.1, -0.05) is 97.1 Å². The van der Waals surface area contributed by atoms with Gasteiger partial charge in [-0.2, -0.15) is 0 Å². The van der Waals surface area contributed by atoms with E-state index < -0.39 is 12.8 Å². The van der Waals surface area contributed by atoms with Crippen molar-refractivity contribution in [3.05, 3.63) is 138 Å². The molecule has 0 radical (unpaired) electrons. The van der Waals surface area contributed by atoms with Gasteiger partial charge in [0.25, 0.3) is 0 Å². The van der Waals surface area contributed by atoms with Crippen LogP contribution in [0.2, 0.25) is 0 Å². The van der Waals surface area contributed by atoms with Gasteiger partial charge in [0.2, 0.25) is 0 Å². The fourth-order valence-corrected chi connectivity index (χ4v) is 6.74. The predicted molar refractivity (Wildman–Crippen MR) is 124 cm³/mol. The van der Waals surface area contributed by atoms with Crippen LogP contribution in [0.5, 0.6) is 0 Å². The second-order valence-corrected chi connectivity index (χ2v) is 10.1. The van der Waals surface area contributed by atoms with Crippen molar-refractivity contribution in [2.75, 3.05) is 0 Å². The molecule has 4 heteroatoms. The summed E-state index contributed by atoms with van der Waals surface area (Å²) in [4.78, 5) is 0. The standard InChI is InChI=1S/C27H21F2OP/c28-23-16-11-21(12-17-23)13-20-27(22-14-18-24(29)19-15-22)31(30,25-7-3-1-4-8-25)26-9-5-2-6-10-26/h1-20,27H. The summed E-state index contributed by atoms with van der Waals surface area (Å²) in [5.41, 5.74) is 1.01. The number of benzene rings is 4. The fraction of sp³-hybridized carbons (Fsp3) is 0.0370. The van der Waals surface area contributed by atoms with E-state index in [0.717, 1.165) is 21.7 Å². The van der Waals surface area contributed by atoms with Crippen LogP contribution < -0.4 is 10.6 Å². The molecular formula is C27H21F2OP. The number of allylic oxidation sites excluding steroid dienone is 1. The molecule has 0 aliphatic carbocycles. The lowest BCUT2D eigenvalue weighted by atomic mass is 10.1. The van der Waals surface area contributed by atoms with Crippen LogP contribution in [0.4, 0.5) is 8.78 Å². The zero-order valence-electron chi connectivity index (χ0n) is 16.7. The number of hydrogen-bond acceptors (Lipinski definition) is 1. The molecule has 0 aliphatic rings. The third-order valence-corrected chi connectivity index (χ3v) is 8.61. The van der Waals surface area contributed by atoms with Gasteiger partial charge >= 0.3 is 0 Å². The highest BCUT2D eigenvalue weighted by Gasteiger charge is 2.36. The van der Waals surface area contributed by atoms with Crippen molar-refractivity contribution >= 4 is 23.8 Å². The van der Waals surface area contributed by atoms with Crippen LogP contribution in [-0.4, -0.2) is 0 Å². The van der Waals surface area contributed by atoms with Crippen LogP contribution >= 0.6 is 7.14 Å². The van der Waals surface area contributed by atoms with E-state index in [2.05, 4.69) is 0 Å². The zero-order valence-corrected chi connectivity index (χ0v) is 17.6. The van der Waals surface area contributed by atoms with Gasteiger partial charge in [0.05, 0.1) is 5.66 Å². The summed E-state index contributed by atoms with van der Waals surface area (Å²) in [6.45, 7) is 0. The van der Waals surface area contributed by atoms with Gasteiger partial charge < -0.3 is 4.57 Å². The molecule has 0 fully saturated rings. The van der Waals surface area contributed by atoms with Gasteiger partial charge in [-0.3, -0.25) is 0 Å². The SMILES string of the molecule is O=P(c1ccccc1)(c1ccccc1)C(C=Cc1ccc(F)cc1)c1ccc(F)cc1. The molecule has 4 rings (SSSR count). The summed E-state index contributed by atoms with van der Waals surface area (Å²) >= 11 is 0. The molecule has 0 amide bonds. The van der Waals surface area contributed by atoms with Crippen molar-refractivity contribution in [1.29, 1.82) is 0 Å². The Labute approximate surface area is 181 Å². The molecule has 1 unspecified atom stereocenters. The normalized spacial score (nSPS) is 12.7. The van der Waals surface area contributed by atoms with Crippen LogP contribution in [0.3, 0.4) is 0 Å². The van der Waals surface area contributed by atoms with Gasteiger partial charge in [-0.25, -0.2) is 8.78 Å². The number of hydrogen-bond donors (Lipinski definition) is 0. The summed E-state index contributed by atoms with van der Waals surface area (Å²) in [6.07, 6.45) is 3.72. The maximum atomic E-state index is 14.9. The molecule has 4 aromatic rings. The second kappa shape index (κ2) is 9.24. The van der Waals surface area contributed by atoms with Crippen LogP contribution in [-0.2, 0) is 4.57 Å². The first-order valence-corrected chi connectivity index (χ1v) is 11.8. The van der Waals surface area contributed by atoms with Crippen LogP contribution in [0.25, 0.3) is 6.08 Å². The highest BCUT2D eigenvalue weighted by molar-refractivity contribution is 7.79. The lowest BCUT2D eigenvalue weighted by Crippen LogP contribution is -2.20. The minimum Gasteiger partial charge on any atom is -0.313 e. The molecule has 154 valence electrons. The molecule has 0 aromatic heterocycles. The molecule has 0 heterocycles. The van der Waals surface area contributed by atoms with E-state index >= 15 is 0 Å². The third-order valence-electron chi connectivity index (χ3n) is 5.22. The quantitative estimate of drug-likeness (QED) is 0.310. The maximum absolute atomic E-state index is 14.9. The average Bonchev–Trinajstić information content (AvgIpc) is 2.82. The van der Waals surface area contributed by atoms with Gasteiger partial charge in [0.1, 0.15) is 11.6 Å². The fourth-order valence-electron chi connectivity index (χ4n) is 3.65. The van der Waals surface area contributed by atoms with E-state index in [1.165, 1.54) is 24.3 Å². The Kier molecular flexibility index (Phi) is 6.25. The first-order valence-electron chi connectivity index (χ1n) is 9.97. The molecule has 0 spiro atoms. The average molecular weight is 430 g/mol. The molecule has 1 atom stereocenters. The largest absolute Gasteiger partial charge is 0.313 e. The van der Waals surface area contributed by atoms with Crippen molar-refractivity contribution in [2.45, 2.75) is 5.66 Å². The van der Waals surface area contributed by atoms with Gasteiger partial charge in [0.15, 0.2) is 7.14 Å². The van der Waals surface area contributed by atoms with E-state index in [9.17, 15) is 13.3 Å². The molecule has 0 N–H and O–H groups in total. The Balaban J connectivity index is 1.91. The molecule has 1 nitrogen and oxygen atoms in total. The van der Waals surface area contributed by atoms with E-state index in [1.807, 2.05) is 72.8 Å². The van der Waals surface area contributed by atoms with Crippen LogP contribution in [0.15, 0.2) is 115 Å². The van der Waals surface area contributed by atoms with Crippen molar-refractivity contribution < 1.29 is 13.3 Å². The molecule has 31 heavy (non-hydrogen) atoms. The molecule has 0 saturated carbocycles. The topological polar surface area (TPSA) is 17.1 Å². The van der Waals surface area contributed by atoms with E-state index in [-0.39, 0.29) is 11.6 Å². The summed E-state index contributed by atoms with van der Waals surface area (Å²) in [7, 11) is -3.20. The van der Waals surface area contributed by atoms with Crippen LogP contribution in [0, 0.1) is 11.6 Å². The summed E-state index contributed by atoms with van der Waals surface area (Å²) in [5, 5.41) is 1.44. The summed E-state index contributed by atoms with van der Waals surface area (Å²) < 4.78 is 41.8. The van der Waals surface area contributed by atoms with Gasteiger partial charge in [0, 0.05) is 10.6 Å². The first kappa shape index (κ1) is 21.0. The summed E-state index contributed by atoms with van der Waals surface area (Å²) in [5.74, 6) is -0.661. The van der Waals surface area contributed by atoms with Gasteiger partial charge in [-0.05, 0) is 35.4 Å².